The van der Waals surface area contributed by atoms with Crippen molar-refractivity contribution in [3.8, 4) is 0 Å². The summed E-state index contributed by atoms with van der Waals surface area (Å²) in [5, 5.41) is 9.02. The first-order valence-corrected chi connectivity index (χ1v) is 4.38. The fourth-order valence-corrected chi connectivity index (χ4v) is 1.50. The zero-order valence-electron chi connectivity index (χ0n) is 6.40. The molecule has 0 radical (unpaired) electrons. The number of aromatic nitrogens is 1. The molecule has 1 aromatic rings. The van der Waals surface area contributed by atoms with Crippen LogP contribution in [0.4, 0.5) is 0 Å². The molecule has 60 valence electrons. The minimum atomic E-state index is 0.215. The highest BCUT2D eigenvalue weighted by molar-refractivity contribution is 8.00. The Hall–Kier alpha value is -0.540. The lowest BCUT2D eigenvalue weighted by Crippen LogP contribution is -2.00. The first-order valence-electron chi connectivity index (χ1n) is 3.50. The minimum absolute atomic E-state index is 0.215. The molecule has 1 unspecified atom stereocenters. The largest absolute Gasteiger partial charge is 0.395 e. The van der Waals surface area contributed by atoms with Crippen LogP contribution < -0.4 is 0 Å². The molecule has 1 N–H and O–H groups in total. The zero-order valence-corrected chi connectivity index (χ0v) is 7.21. The summed E-state index contributed by atoms with van der Waals surface area (Å²) in [7, 11) is 0. The van der Waals surface area contributed by atoms with Crippen molar-refractivity contribution in [3.05, 3.63) is 24.5 Å². The third-order valence-corrected chi connectivity index (χ3v) is 2.34. The third-order valence-electron chi connectivity index (χ3n) is 1.24. The van der Waals surface area contributed by atoms with Crippen molar-refractivity contribution in [1.82, 2.24) is 4.98 Å². The Morgan fingerprint density at radius 1 is 1.55 bits per heavy atom. The summed E-state index contributed by atoms with van der Waals surface area (Å²) in [6.45, 7) is 2.21. The monoisotopic (exact) mass is 169 g/mol. The molecule has 1 heterocycles. The van der Waals surface area contributed by atoms with Crippen molar-refractivity contribution in [2.24, 2.45) is 0 Å². The molecule has 0 saturated carbocycles. The van der Waals surface area contributed by atoms with Crippen molar-refractivity contribution in [2.45, 2.75) is 17.1 Å². The third kappa shape index (κ3) is 2.91. The molecule has 0 fully saturated rings. The fourth-order valence-electron chi connectivity index (χ4n) is 0.686. The van der Waals surface area contributed by atoms with Crippen LogP contribution in [0.1, 0.15) is 6.92 Å². The normalized spacial score (nSPS) is 12.9. The number of aliphatic hydroxyl groups excluding tert-OH is 1. The standard InChI is InChI=1S/C8H11NOS/c1-7(6-10)11-8-2-4-9-5-3-8/h2-5,7,10H,6H2,1H3. The molecule has 1 atom stereocenters. The van der Waals surface area contributed by atoms with Gasteiger partial charge in [0.15, 0.2) is 0 Å². The number of nitrogens with zero attached hydrogens (tertiary/aromatic N) is 1. The van der Waals surface area contributed by atoms with E-state index in [4.69, 9.17) is 5.11 Å². The van der Waals surface area contributed by atoms with Crippen LogP contribution in [0.3, 0.4) is 0 Å². The van der Waals surface area contributed by atoms with E-state index in [1.165, 1.54) is 0 Å². The molecule has 3 heteroatoms. The van der Waals surface area contributed by atoms with Crippen LogP contribution in [0, 0.1) is 0 Å². The Morgan fingerprint density at radius 3 is 2.73 bits per heavy atom. The van der Waals surface area contributed by atoms with Gasteiger partial charge in [-0.1, -0.05) is 6.92 Å². The van der Waals surface area contributed by atoms with E-state index in [1.807, 2.05) is 19.1 Å². The Morgan fingerprint density at radius 2 is 2.18 bits per heavy atom. The molecule has 0 aliphatic rings. The van der Waals surface area contributed by atoms with Gasteiger partial charge in [0.25, 0.3) is 0 Å². The number of rotatable bonds is 3. The van der Waals surface area contributed by atoms with E-state index in [0.717, 1.165) is 4.90 Å². The van der Waals surface area contributed by atoms with Crippen molar-refractivity contribution in [3.63, 3.8) is 0 Å². The predicted molar refractivity (Wildman–Crippen MR) is 46.6 cm³/mol. The molecule has 2 nitrogen and oxygen atoms in total. The zero-order chi connectivity index (χ0) is 8.10. The van der Waals surface area contributed by atoms with Gasteiger partial charge in [0.05, 0.1) is 6.61 Å². The molecule has 0 saturated heterocycles. The maximum atomic E-state index is 8.76. The number of aliphatic hydroxyl groups is 1. The van der Waals surface area contributed by atoms with Crippen molar-refractivity contribution >= 4 is 11.8 Å². The number of pyridine rings is 1. The summed E-state index contributed by atoms with van der Waals surface area (Å²) < 4.78 is 0. The van der Waals surface area contributed by atoms with E-state index >= 15 is 0 Å². The molecule has 0 aromatic carbocycles. The second-order valence-electron chi connectivity index (χ2n) is 2.29. The highest BCUT2D eigenvalue weighted by atomic mass is 32.2. The van der Waals surface area contributed by atoms with Crippen LogP contribution in [0.2, 0.25) is 0 Å². The smallest absolute Gasteiger partial charge is 0.0550 e. The predicted octanol–water partition coefficient (Wildman–Crippen LogP) is 1.55. The summed E-state index contributed by atoms with van der Waals surface area (Å²) in [6.07, 6.45) is 3.51. The molecule has 1 rings (SSSR count). The van der Waals surface area contributed by atoms with Crippen LogP contribution in [0.15, 0.2) is 29.4 Å². The molecule has 0 aliphatic heterocycles. The van der Waals surface area contributed by atoms with E-state index in [1.54, 1.807) is 24.2 Å². The molecule has 11 heavy (non-hydrogen) atoms. The first-order chi connectivity index (χ1) is 5.33. The fraction of sp³-hybridized carbons (Fsp3) is 0.375. The second kappa shape index (κ2) is 4.36. The maximum absolute atomic E-state index is 8.76. The van der Waals surface area contributed by atoms with Crippen LogP contribution >= 0.6 is 11.8 Å². The molecular weight excluding hydrogens is 158 g/mol. The van der Waals surface area contributed by atoms with Crippen molar-refractivity contribution in [1.29, 1.82) is 0 Å². The van der Waals surface area contributed by atoms with Crippen LogP contribution in [-0.4, -0.2) is 21.9 Å². The molecular formula is C8H11NOS. The van der Waals surface area contributed by atoms with E-state index < -0.39 is 0 Å². The van der Waals surface area contributed by atoms with Crippen molar-refractivity contribution in [2.75, 3.05) is 6.61 Å². The van der Waals surface area contributed by atoms with E-state index in [2.05, 4.69) is 4.98 Å². The minimum Gasteiger partial charge on any atom is -0.395 e. The van der Waals surface area contributed by atoms with Gasteiger partial charge in [-0.25, -0.2) is 0 Å². The summed E-state index contributed by atoms with van der Waals surface area (Å²) >= 11 is 1.65. The molecule has 0 amide bonds. The van der Waals surface area contributed by atoms with Gasteiger partial charge in [-0.2, -0.15) is 0 Å². The van der Waals surface area contributed by atoms with Gasteiger partial charge in [0.2, 0.25) is 0 Å². The van der Waals surface area contributed by atoms with E-state index in [9.17, 15) is 0 Å². The Kier molecular flexibility index (Phi) is 3.39. The second-order valence-corrected chi connectivity index (χ2v) is 3.81. The van der Waals surface area contributed by atoms with Crippen LogP contribution in [-0.2, 0) is 0 Å². The molecule has 0 spiro atoms. The summed E-state index contributed by atoms with van der Waals surface area (Å²) in [4.78, 5) is 5.06. The lowest BCUT2D eigenvalue weighted by Gasteiger charge is -2.05. The molecule has 0 bridgehead atoms. The van der Waals surface area contributed by atoms with Gasteiger partial charge >= 0.3 is 0 Å². The summed E-state index contributed by atoms with van der Waals surface area (Å²) in [5.74, 6) is 0. The van der Waals surface area contributed by atoms with Gasteiger partial charge in [-0.05, 0) is 12.1 Å². The maximum Gasteiger partial charge on any atom is 0.0550 e. The first kappa shape index (κ1) is 8.56. The summed E-state index contributed by atoms with van der Waals surface area (Å²) in [5.41, 5.74) is 0. The quantitative estimate of drug-likeness (QED) is 0.697. The van der Waals surface area contributed by atoms with Crippen LogP contribution in [0.25, 0.3) is 0 Å². The van der Waals surface area contributed by atoms with Gasteiger partial charge in [-0.15, -0.1) is 11.8 Å². The Bertz CT molecular complexity index is 203. The number of hydrogen-bond acceptors (Lipinski definition) is 3. The molecule has 1 aromatic heterocycles. The van der Waals surface area contributed by atoms with Gasteiger partial charge in [-0.3, -0.25) is 4.98 Å². The van der Waals surface area contributed by atoms with Crippen molar-refractivity contribution < 1.29 is 5.11 Å². The van der Waals surface area contributed by atoms with E-state index in [0.29, 0.717) is 0 Å². The average Bonchev–Trinajstić information content (AvgIpc) is 2.06. The van der Waals surface area contributed by atoms with E-state index in [-0.39, 0.29) is 11.9 Å². The lowest BCUT2D eigenvalue weighted by molar-refractivity contribution is 0.300. The lowest BCUT2D eigenvalue weighted by atomic mass is 10.5. The van der Waals surface area contributed by atoms with Gasteiger partial charge in [0, 0.05) is 22.5 Å². The summed E-state index contributed by atoms with van der Waals surface area (Å²) in [6, 6.07) is 3.88. The highest BCUT2D eigenvalue weighted by Gasteiger charge is 2.00. The Balaban J connectivity index is 2.51. The number of thioether (sulfide) groups is 1. The topological polar surface area (TPSA) is 33.1 Å². The van der Waals surface area contributed by atoms with Gasteiger partial charge < -0.3 is 5.11 Å². The average molecular weight is 169 g/mol. The van der Waals surface area contributed by atoms with Crippen LogP contribution in [0.5, 0.6) is 0 Å². The Labute approximate surface area is 70.7 Å². The number of hydrogen-bond donors (Lipinski definition) is 1. The SMILES string of the molecule is CC(CO)Sc1ccncc1. The van der Waals surface area contributed by atoms with Gasteiger partial charge in [0.1, 0.15) is 0 Å². The molecule has 0 aliphatic carbocycles. The highest BCUT2D eigenvalue weighted by Crippen LogP contribution is 2.21.